The lowest BCUT2D eigenvalue weighted by Gasteiger charge is -2.13. The Morgan fingerprint density at radius 1 is 1.03 bits per heavy atom. The number of pyridine rings is 1. The number of benzene rings is 2. The first-order valence-electron chi connectivity index (χ1n) is 11.2. The van der Waals surface area contributed by atoms with Gasteiger partial charge in [0, 0.05) is 33.8 Å². The normalized spacial score (nSPS) is 12.1. The molecule has 0 radical (unpaired) electrons. The van der Waals surface area contributed by atoms with E-state index in [0.717, 1.165) is 29.5 Å². The number of alkyl halides is 3. The number of sulfonamides is 1. The third kappa shape index (κ3) is 4.98. The molecule has 0 bridgehead atoms. The predicted octanol–water partition coefficient (Wildman–Crippen LogP) is 5.38. The molecule has 0 spiro atoms. The maximum atomic E-state index is 14.7. The van der Waals surface area contributed by atoms with E-state index in [9.17, 15) is 35.6 Å². The first kappa shape index (κ1) is 26.4. The highest BCUT2D eigenvalue weighted by molar-refractivity contribution is 7.92. The Bertz CT molecular complexity index is 1880. The summed E-state index contributed by atoms with van der Waals surface area (Å²) in [4.78, 5) is 28.9. The fourth-order valence-corrected chi connectivity index (χ4v) is 6.20. The van der Waals surface area contributed by atoms with Crippen LogP contribution >= 0.6 is 11.3 Å². The second kappa shape index (κ2) is 9.82. The molecule has 5 aromatic rings. The van der Waals surface area contributed by atoms with Crippen LogP contribution in [0.5, 0.6) is 0 Å². The molecule has 0 atom stereocenters. The number of rotatable bonds is 6. The second-order valence-corrected chi connectivity index (χ2v) is 11.3. The number of thiophene rings is 1. The van der Waals surface area contributed by atoms with Crippen LogP contribution in [0.25, 0.3) is 22.0 Å². The van der Waals surface area contributed by atoms with Crippen molar-refractivity contribution in [3.63, 3.8) is 0 Å². The average molecular weight is 576 g/mol. The zero-order chi connectivity index (χ0) is 27.9. The van der Waals surface area contributed by atoms with E-state index in [-0.39, 0.29) is 38.3 Å². The van der Waals surface area contributed by atoms with Crippen LogP contribution in [0, 0.1) is 5.82 Å². The Kier molecular flexibility index (Phi) is 6.64. The van der Waals surface area contributed by atoms with Gasteiger partial charge in [-0.3, -0.25) is 9.59 Å². The van der Waals surface area contributed by atoms with Crippen LogP contribution in [0.15, 0.2) is 87.3 Å². The minimum atomic E-state index is -4.76. The zero-order valence-corrected chi connectivity index (χ0v) is 21.3. The smallest absolute Gasteiger partial charge is 0.331 e. The van der Waals surface area contributed by atoms with Gasteiger partial charge in [0.2, 0.25) is 0 Å². The van der Waals surface area contributed by atoms with E-state index in [1.54, 1.807) is 0 Å². The third-order valence-electron chi connectivity index (χ3n) is 5.97. The van der Waals surface area contributed by atoms with Crippen molar-refractivity contribution in [3.8, 4) is 11.1 Å². The van der Waals surface area contributed by atoms with E-state index >= 15 is 0 Å². The Morgan fingerprint density at radius 3 is 2.46 bits per heavy atom. The van der Waals surface area contributed by atoms with Gasteiger partial charge in [-0.05, 0) is 47.8 Å². The van der Waals surface area contributed by atoms with E-state index in [0.29, 0.717) is 0 Å². The first-order valence-corrected chi connectivity index (χ1v) is 13.6. The molecule has 0 aliphatic heterocycles. The highest BCUT2D eigenvalue weighted by Gasteiger charge is 2.34. The fourth-order valence-electron chi connectivity index (χ4n) is 4.26. The van der Waals surface area contributed by atoms with Crippen LogP contribution in [0.2, 0.25) is 0 Å². The highest BCUT2D eigenvalue weighted by Crippen LogP contribution is 2.39. The minimum absolute atomic E-state index is 0.0585. The summed E-state index contributed by atoms with van der Waals surface area (Å²) in [5.41, 5.74) is -2.47. The summed E-state index contributed by atoms with van der Waals surface area (Å²) in [7, 11) is -4.37. The molecule has 0 aliphatic carbocycles. The number of H-pyrrole nitrogens is 1. The van der Waals surface area contributed by atoms with Crippen LogP contribution in [-0.2, 0) is 22.7 Å². The summed E-state index contributed by atoms with van der Waals surface area (Å²) in [6, 6.07) is 13.7. The van der Waals surface area contributed by atoms with E-state index in [1.807, 2.05) is 4.72 Å². The van der Waals surface area contributed by atoms with Crippen LogP contribution < -0.4 is 10.3 Å². The zero-order valence-electron chi connectivity index (χ0n) is 19.6. The number of hydrogen-bond acceptors (Lipinski definition) is 5. The molecule has 3 aromatic heterocycles. The van der Waals surface area contributed by atoms with Crippen molar-refractivity contribution in [2.45, 2.75) is 16.9 Å². The van der Waals surface area contributed by atoms with E-state index in [1.165, 1.54) is 64.7 Å². The summed E-state index contributed by atoms with van der Waals surface area (Å²) < 4.78 is 84.5. The summed E-state index contributed by atoms with van der Waals surface area (Å²) in [5, 5.41) is 1.35. The molecule has 2 N–H and O–H groups in total. The van der Waals surface area contributed by atoms with Crippen LogP contribution in [0.3, 0.4) is 0 Å². The fraction of sp³-hybridized carbons (Fsp3) is 0.0769. The van der Waals surface area contributed by atoms with E-state index in [4.69, 9.17) is 0 Å². The summed E-state index contributed by atoms with van der Waals surface area (Å²) in [6.07, 6.45) is -3.46. The predicted molar refractivity (Wildman–Crippen MR) is 137 cm³/mol. The monoisotopic (exact) mass is 575 g/mol. The van der Waals surface area contributed by atoms with Crippen LogP contribution in [-0.4, -0.2) is 23.9 Å². The maximum absolute atomic E-state index is 14.7. The lowest BCUT2D eigenvalue weighted by Crippen LogP contribution is -2.32. The number of aromatic nitrogens is 2. The van der Waals surface area contributed by atoms with Gasteiger partial charge in [0.15, 0.2) is 0 Å². The SMILES string of the molecule is O=C(NS(=O)(=O)c1cccs1)c1c(-c2ccc[nH]c2=O)c2cc(C(F)(F)F)ccc2n1Cc1ccccc1F. The molecule has 13 heteroatoms. The summed E-state index contributed by atoms with van der Waals surface area (Å²) >= 11 is 0.849. The van der Waals surface area contributed by atoms with Gasteiger partial charge < -0.3 is 9.55 Å². The maximum Gasteiger partial charge on any atom is 0.416 e. The third-order valence-corrected chi connectivity index (χ3v) is 8.70. The molecule has 3 heterocycles. The molecule has 2 aromatic carbocycles. The van der Waals surface area contributed by atoms with Crippen molar-refractivity contribution >= 4 is 38.2 Å². The molecule has 5 rings (SSSR count). The Balaban J connectivity index is 1.84. The van der Waals surface area contributed by atoms with Crippen LogP contribution in [0.4, 0.5) is 17.6 Å². The number of carbonyl (C=O) groups excluding carboxylic acids is 1. The molecular formula is C26H17F4N3O4S2. The summed E-state index contributed by atoms with van der Waals surface area (Å²) in [6.45, 7) is -0.346. The van der Waals surface area contributed by atoms with Gasteiger partial charge in [-0.2, -0.15) is 13.2 Å². The van der Waals surface area contributed by atoms with Gasteiger partial charge in [0.1, 0.15) is 15.7 Å². The quantitative estimate of drug-likeness (QED) is 0.266. The second-order valence-electron chi connectivity index (χ2n) is 8.41. The number of amides is 1. The lowest BCUT2D eigenvalue weighted by molar-refractivity contribution is -0.137. The molecule has 0 saturated heterocycles. The number of hydrogen-bond donors (Lipinski definition) is 2. The van der Waals surface area contributed by atoms with E-state index in [2.05, 4.69) is 4.98 Å². The van der Waals surface area contributed by atoms with Gasteiger partial charge in [0.05, 0.1) is 12.1 Å². The lowest BCUT2D eigenvalue weighted by atomic mass is 10.0. The molecule has 0 unspecified atom stereocenters. The minimum Gasteiger partial charge on any atom is -0.331 e. The topological polar surface area (TPSA) is 101 Å². The van der Waals surface area contributed by atoms with Gasteiger partial charge in [-0.1, -0.05) is 24.3 Å². The van der Waals surface area contributed by atoms with Crippen molar-refractivity contribution in [2.75, 3.05) is 0 Å². The van der Waals surface area contributed by atoms with Crippen molar-refractivity contribution in [3.05, 3.63) is 111 Å². The number of aromatic amines is 1. The number of nitrogens with zero attached hydrogens (tertiary/aromatic N) is 1. The number of fused-ring (bicyclic) bond motifs is 1. The van der Waals surface area contributed by atoms with Gasteiger partial charge in [-0.15, -0.1) is 11.3 Å². The van der Waals surface area contributed by atoms with Crippen molar-refractivity contribution in [2.24, 2.45) is 0 Å². The first-order chi connectivity index (χ1) is 18.5. The standard InChI is InChI=1S/C26H17F4N3O4S2/c27-19-7-2-1-5-15(19)14-33-20-10-9-16(26(28,29)30)13-18(20)22(17-6-3-11-31-24(17)34)23(33)25(35)32-39(36,37)21-8-4-12-38-21/h1-13H,14H2,(H,31,34)(H,32,35). The van der Waals surface area contributed by atoms with Crippen molar-refractivity contribution < 1.29 is 30.8 Å². The summed E-state index contributed by atoms with van der Waals surface area (Å²) in [5.74, 6) is -1.86. The van der Waals surface area contributed by atoms with Crippen molar-refractivity contribution in [1.29, 1.82) is 0 Å². The highest BCUT2D eigenvalue weighted by atomic mass is 32.2. The largest absolute Gasteiger partial charge is 0.416 e. The van der Waals surface area contributed by atoms with Crippen molar-refractivity contribution in [1.82, 2.24) is 14.3 Å². The number of carbonyl (C=O) groups is 1. The molecule has 0 aliphatic rings. The number of halogens is 4. The van der Waals surface area contributed by atoms with Gasteiger partial charge >= 0.3 is 6.18 Å². The van der Waals surface area contributed by atoms with E-state index < -0.39 is 44.7 Å². The molecule has 39 heavy (non-hydrogen) atoms. The van der Waals surface area contributed by atoms with Crippen LogP contribution in [0.1, 0.15) is 21.6 Å². The molecule has 200 valence electrons. The number of nitrogens with one attached hydrogen (secondary N) is 2. The molecular weight excluding hydrogens is 558 g/mol. The molecule has 1 amide bonds. The Morgan fingerprint density at radius 2 is 1.79 bits per heavy atom. The average Bonchev–Trinajstić information content (AvgIpc) is 3.53. The van der Waals surface area contributed by atoms with Gasteiger partial charge in [-0.25, -0.2) is 17.5 Å². The molecule has 7 nitrogen and oxygen atoms in total. The van der Waals surface area contributed by atoms with Gasteiger partial charge in [0.25, 0.3) is 21.5 Å². The molecule has 0 saturated carbocycles. The molecule has 0 fully saturated rings. The Labute approximate surface area is 222 Å². The Hall–Kier alpha value is -4.23.